The van der Waals surface area contributed by atoms with Crippen LogP contribution in [-0.4, -0.2) is 14.3 Å². The molecule has 1 rings (SSSR count). The number of nitrogens with one attached hydrogen (secondary N) is 2. The largest absolute Gasteiger partial charge is 0.323 e. The second kappa shape index (κ2) is 5.16. The van der Waals surface area contributed by atoms with Crippen molar-refractivity contribution in [1.82, 2.24) is 0 Å². The van der Waals surface area contributed by atoms with Crippen molar-refractivity contribution in [1.29, 1.82) is 0 Å². The van der Waals surface area contributed by atoms with Gasteiger partial charge in [-0.15, -0.1) is 0 Å². The minimum Gasteiger partial charge on any atom is -0.323 e. The van der Waals surface area contributed by atoms with Crippen LogP contribution in [0.15, 0.2) is 36.9 Å². The second-order valence-electron chi connectivity index (χ2n) is 2.64. The Morgan fingerprint density at radius 1 is 1.20 bits per heavy atom. The molecule has 0 bridgehead atoms. The predicted molar refractivity (Wildman–Crippen MR) is 59.2 cm³/mol. The first-order chi connectivity index (χ1) is 7.11. The second-order valence-corrected chi connectivity index (χ2v) is 3.38. The number of hydrogen-bond donors (Lipinski definition) is 3. The molecule has 2 N–H and O–H groups in total. The molecule has 0 radical (unpaired) electrons. The summed E-state index contributed by atoms with van der Waals surface area (Å²) in [6.45, 7) is 3.31. The van der Waals surface area contributed by atoms with Crippen molar-refractivity contribution >= 4 is 28.2 Å². The fraction of sp³-hybridized carbons (Fsp3) is 0. The standard InChI is InChI=1S/C9H10N2O3S/c1-2-9(12)10-7-3-5-8(6-4-7)11-15(13)14/h2-6,15H,1H2,(H,10,12)(H,11,13,14). The van der Waals surface area contributed by atoms with Crippen LogP contribution in [0.2, 0.25) is 0 Å². The van der Waals surface area contributed by atoms with Crippen molar-refractivity contribution in [2.45, 2.75) is 0 Å². The monoisotopic (exact) mass is 226 g/mol. The molecule has 6 heteroatoms. The quantitative estimate of drug-likeness (QED) is 0.524. The third kappa shape index (κ3) is 3.82. The first-order valence-electron chi connectivity index (χ1n) is 4.06. The number of rotatable bonds is 4. The number of benzene rings is 1. The number of carbonyl (C=O) groups excluding carboxylic acids is 1. The van der Waals surface area contributed by atoms with E-state index in [0.29, 0.717) is 11.4 Å². The van der Waals surface area contributed by atoms with E-state index in [9.17, 15) is 13.2 Å². The Morgan fingerprint density at radius 3 is 2.20 bits per heavy atom. The average Bonchev–Trinajstić information content (AvgIpc) is 2.20. The molecule has 15 heavy (non-hydrogen) atoms. The number of hydrogen-bond acceptors (Lipinski definition) is 3. The lowest BCUT2D eigenvalue weighted by molar-refractivity contribution is -0.111. The Bertz CT molecular complexity index is 429. The zero-order valence-electron chi connectivity index (χ0n) is 7.77. The van der Waals surface area contributed by atoms with Crippen molar-refractivity contribution in [3.8, 4) is 0 Å². The van der Waals surface area contributed by atoms with Crippen LogP contribution < -0.4 is 10.0 Å². The van der Waals surface area contributed by atoms with Gasteiger partial charge in [-0.1, -0.05) is 6.58 Å². The zero-order chi connectivity index (χ0) is 11.3. The van der Waals surface area contributed by atoms with Crippen molar-refractivity contribution in [2.24, 2.45) is 0 Å². The molecule has 0 fully saturated rings. The van der Waals surface area contributed by atoms with Gasteiger partial charge in [0.2, 0.25) is 16.8 Å². The summed E-state index contributed by atoms with van der Waals surface area (Å²) in [5.74, 6) is -0.314. The smallest absolute Gasteiger partial charge is 0.247 e. The number of thiol groups is 1. The van der Waals surface area contributed by atoms with Gasteiger partial charge in [0.15, 0.2) is 0 Å². The molecule has 1 amide bonds. The molecule has 80 valence electrons. The molecule has 0 saturated carbocycles. The molecular weight excluding hydrogens is 216 g/mol. The van der Waals surface area contributed by atoms with Gasteiger partial charge < -0.3 is 5.32 Å². The molecule has 5 nitrogen and oxygen atoms in total. The Morgan fingerprint density at radius 2 is 1.73 bits per heavy atom. The van der Waals surface area contributed by atoms with Gasteiger partial charge in [0.05, 0.1) is 0 Å². The van der Waals surface area contributed by atoms with Crippen molar-refractivity contribution in [2.75, 3.05) is 10.0 Å². The first-order valence-corrected chi connectivity index (χ1v) is 5.24. The normalized spacial score (nSPS) is 9.67. The predicted octanol–water partition coefficient (Wildman–Crippen LogP) is 0.749. The molecule has 0 aliphatic heterocycles. The highest BCUT2D eigenvalue weighted by molar-refractivity contribution is 7.73. The van der Waals surface area contributed by atoms with E-state index >= 15 is 0 Å². The lowest BCUT2D eigenvalue weighted by atomic mass is 10.3. The number of anilines is 2. The molecule has 0 aromatic heterocycles. The fourth-order valence-electron chi connectivity index (χ4n) is 0.927. The van der Waals surface area contributed by atoms with Gasteiger partial charge in [-0.05, 0) is 30.3 Å². The summed E-state index contributed by atoms with van der Waals surface area (Å²) in [5, 5.41) is 2.54. The Balaban J connectivity index is 2.71. The molecule has 0 unspecified atom stereocenters. The van der Waals surface area contributed by atoms with E-state index in [-0.39, 0.29) is 5.91 Å². The van der Waals surface area contributed by atoms with Crippen molar-refractivity contribution in [3.05, 3.63) is 36.9 Å². The summed E-state index contributed by atoms with van der Waals surface area (Å²) in [6.07, 6.45) is 1.15. The van der Waals surface area contributed by atoms with E-state index < -0.39 is 10.9 Å². The van der Waals surface area contributed by atoms with Crippen molar-refractivity contribution in [3.63, 3.8) is 0 Å². The molecule has 0 spiro atoms. The minimum atomic E-state index is -2.66. The summed E-state index contributed by atoms with van der Waals surface area (Å²) in [7, 11) is -2.66. The van der Waals surface area contributed by atoms with Crippen LogP contribution in [0.3, 0.4) is 0 Å². The third-order valence-electron chi connectivity index (χ3n) is 1.56. The van der Waals surface area contributed by atoms with Crippen LogP contribution in [0.1, 0.15) is 0 Å². The van der Waals surface area contributed by atoms with Gasteiger partial charge in [-0.3, -0.25) is 9.52 Å². The molecule has 0 aliphatic carbocycles. The van der Waals surface area contributed by atoms with Crippen LogP contribution in [0.5, 0.6) is 0 Å². The van der Waals surface area contributed by atoms with Crippen LogP contribution in [-0.2, 0) is 15.7 Å². The zero-order valence-corrected chi connectivity index (χ0v) is 8.66. The molecule has 0 heterocycles. The molecular formula is C9H10N2O3S. The van der Waals surface area contributed by atoms with Gasteiger partial charge >= 0.3 is 0 Å². The lowest BCUT2D eigenvalue weighted by Crippen LogP contribution is -2.07. The van der Waals surface area contributed by atoms with Gasteiger partial charge in [0.1, 0.15) is 0 Å². The molecule has 1 aromatic rings. The van der Waals surface area contributed by atoms with Crippen LogP contribution in [0.4, 0.5) is 11.4 Å². The highest BCUT2D eigenvalue weighted by Crippen LogP contribution is 2.13. The van der Waals surface area contributed by atoms with E-state index in [4.69, 9.17) is 0 Å². The van der Waals surface area contributed by atoms with Crippen LogP contribution in [0.25, 0.3) is 0 Å². The van der Waals surface area contributed by atoms with E-state index in [0.717, 1.165) is 6.08 Å². The summed E-state index contributed by atoms with van der Waals surface area (Å²) < 4.78 is 22.9. The molecule has 1 aromatic carbocycles. The number of amides is 1. The van der Waals surface area contributed by atoms with E-state index in [1.165, 1.54) is 0 Å². The third-order valence-corrected chi connectivity index (χ3v) is 2.00. The van der Waals surface area contributed by atoms with Crippen molar-refractivity contribution < 1.29 is 13.2 Å². The molecule has 0 saturated heterocycles. The van der Waals surface area contributed by atoms with Gasteiger partial charge in [0.25, 0.3) is 0 Å². The van der Waals surface area contributed by atoms with E-state index in [2.05, 4.69) is 16.6 Å². The van der Waals surface area contributed by atoms with E-state index in [1.807, 2.05) is 0 Å². The fourth-order valence-corrected chi connectivity index (χ4v) is 1.29. The Hall–Kier alpha value is -1.82. The van der Waals surface area contributed by atoms with Gasteiger partial charge in [0, 0.05) is 11.4 Å². The SMILES string of the molecule is C=CC(=O)Nc1ccc(N[SH](=O)=O)cc1. The molecule has 0 aliphatic rings. The van der Waals surface area contributed by atoms with Crippen LogP contribution in [0, 0.1) is 0 Å². The Kier molecular flexibility index (Phi) is 3.87. The maximum atomic E-state index is 10.9. The highest BCUT2D eigenvalue weighted by Gasteiger charge is 1.97. The van der Waals surface area contributed by atoms with Crippen LogP contribution >= 0.6 is 0 Å². The number of carbonyl (C=O) groups is 1. The topological polar surface area (TPSA) is 75.3 Å². The Labute approximate surface area is 88.9 Å². The maximum Gasteiger partial charge on any atom is 0.247 e. The summed E-state index contributed by atoms with van der Waals surface area (Å²) in [4.78, 5) is 10.9. The summed E-state index contributed by atoms with van der Waals surface area (Å²) >= 11 is 0. The molecule has 0 atom stereocenters. The average molecular weight is 226 g/mol. The first kappa shape index (κ1) is 11.3. The lowest BCUT2D eigenvalue weighted by Gasteiger charge is -2.03. The maximum absolute atomic E-state index is 10.9. The summed E-state index contributed by atoms with van der Waals surface area (Å²) in [5.41, 5.74) is 1.02. The van der Waals surface area contributed by atoms with Gasteiger partial charge in [-0.2, -0.15) is 0 Å². The summed E-state index contributed by atoms with van der Waals surface area (Å²) in [6, 6.07) is 6.26. The van der Waals surface area contributed by atoms with E-state index in [1.54, 1.807) is 24.3 Å². The minimum absolute atomic E-state index is 0.314. The van der Waals surface area contributed by atoms with Gasteiger partial charge in [-0.25, -0.2) is 8.42 Å². The highest BCUT2D eigenvalue weighted by atomic mass is 32.2.